The fourth-order valence-corrected chi connectivity index (χ4v) is 4.78. The lowest BCUT2D eigenvalue weighted by Crippen LogP contribution is -2.56. The van der Waals surface area contributed by atoms with Crippen molar-refractivity contribution in [1.29, 1.82) is 5.26 Å². The zero-order valence-corrected chi connectivity index (χ0v) is 26.5. The minimum absolute atomic E-state index is 0.00960. The monoisotopic (exact) mass is 692 g/mol. The molecule has 0 aliphatic rings. The summed E-state index contributed by atoms with van der Waals surface area (Å²) in [5.74, 6) is -11.5. The minimum Gasteiger partial charge on any atom is -0.497 e. The van der Waals surface area contributed by atoms with Crippen LogP contribution in [0.1, 0.15) is 42.1 Å². The average molecular weight is 693 g/mol. The van der Waals surface area contributed by atoms with Gasteiger partial charge in [-0.1, -0.05) is 67.9 Å². The highest BCUT2D eigenvalue weighted by Crippen LogP contribution is 2.30. The maximum Gasteiger partial charge on any atom is 0.452 e. The number of carbonyl (C=O) groups is 4. The number of ketones is 1. The number of nitrogens with one attached hydrogen (secondary N) is 3. The number of alkyl halides is 5. The van der Waals surface area contributed by atoms with Crippen LogP contribution in [0.5, 0.6) is 5.75 Å². The molecule has 15 heteroatoms. The van der Waals surface area contributed by atoms with Crippen LogP contribution in [0.3, 0.4) is 0 Å². The van der Waals surface area contributed by atoms with Crippen LogP contribution in [0.4, 0.5) is 22.0 Å². The molecule has 3 aromatic rings. The van der Waals surface area contributed by atoms with E-state index in [2.05, 4.69) is 5.32 Å². The van der Waals surface area contributed by atoms with Gasteiger partial charge in [-0.05, 0) is 47.4 Å². The predicted molar refractivity (Wildman–Crippen MR) is 164 cm³/mol. The summed E-state index contributed by atoms with van der Waals surface area (Å²) in [6.45, 7) is 2.54. The van der Waals surface area contributed by atoms with Gasteiger partial charge < -0.3 is 20.7 Å². The fourth-order valence-electron chi connectivity index (χ4n) is 4.59. The lowest BCUT2D eigenvalue weighted by molar-refractivity contribution is -0.175. The van der Waals surface area contributed by atoms with Crippen LogP contribution in [0.15, 0.2) is 72.8 Å². The number of hydrogen-bond acceptors (Lipinski definition) is 6. The molecule has 0 fully saturated rings. The molecule has 0 saturated carbocycles. The number of nitrogens with zero attached hydrogens (tertiary/aromatic N) is 1. The van der Waals surface area contributed by atoms with Crippen molar-refractivity contribution in [3.63, 3.8) is 0 Å². The number of carbonyl (C=O) groups excluding carboxylic acids is 4. The van der Waals surface area contributed by atoms with Gasteiger partial charge in [0.25, 0.3) is 11.7 Å². The van der Waals surface area contributed by atoms with Gasteiger partial charge in [0.15, 0.2) is 0 Å². The zero-order chi connectivity index (χ0) is 35.8. The van der Waals surface area contributed by atoms with Crippen LogP contribution < -0.4 is 20.7 Å². The lowest BCUT2D eigenvalue weighted by Gasteiger charge is -2.28. The third-order valence-corrected chi connectivity index (χ3v) is 7.42. The summed E-state index contributed by atoms with van der Waals surface area (Å²) >= 11 is 5.83. The lowest BCUT2D eigenvalue weighted by atomic mass is 9.97. The Morgan fingerprint density at radius 3 is 2.08 bits per heavy atom. The summed E-state index contributed by atoms with van der Waals surface area (Å²) in [7, 11) is 1.35. The summed E-state index contributed by atoms with van der Waals surface area (Å²) in [6.07, 6.45) is -5.80. The van der Waals surface area contributed by atoms with E-state index in [1.54, 1.807) is 0 Å². The van der Waals surface area contributed by atoms with Gasteiger partial charge in [0.2, 0.25) is 11.8 Å². The van der Waals surface area contributed by atoms with Gasteiger partial charge >= 0.3 is 12.1 Å². The number of amides is 3. The van der Waals surface area contributed by atoms with Crippen LogP contribution in [-0.4, -0.2) is 48.9 Å². The second-order valence-electron chi connectivity index (χ2n) is 10.9. The van der Waals surface area contributed by atoms with Crippen molar-refractivity contribution in [2.75, 3.05) is 7.11 Å². The third kappa shape index (κ3) is 9.28. The van der Waals surface area contributed by atoms with Crippen molar-refractivity contribution in [1.82, 2.24) is 16.0 Å². The van der Waals surface area contributed by atoms with Crippen LogP contribution >= 0.6 is 11.6 Å². The Morgan fingerprint density at radius 1 is 0.875 bits per heavy atom. The standard InChI is InChI=1S/C33H30ClF5N4O5/c1-18(2)26(28(44)33(37,38)39)42-30(46)27(19-11-13-24(48-3)14-12-19)43-29(45)25(15-20-7-4-5-8-21(20)17-40)41-31(47)32(35,36)22-9-6-10-23(34)16-22/h4-14,16,18,25-27H,15H2,1-3H3,(H,41,47)(H,42,46)(H,43,45). The van der Waals surface area contributed by atoms with Gasteiger partial charge in [0.05, 0.1) is 24.8 Å². The molecular formula is C33H30ClF5N4O5. The molecule has 3 rings (SSSR count). The normalized spacial score (nSPS) is 13.4. The Labute approximate surface area is 277 Å². The fraction of sp³-hybridized carbons (Fsp3) is 0.303. The number of hydrogen-bond donors (Lipinski definition) is 3. The van der Waals surface area contributed by atoms with Gasteiger partial charge in [0.1, 0.15) is 17.8 Å². The molecule has 0 saturated heterocycles. The van der Waals surface area contributed by atoms with Crippen LogP contribution in [0.2, 0.25) is 5.02 Å². The van der Waals surface area contributed by atoms with Crippen LogP contribution in [0.25, 0.3) is 0 Å². The van der Waals surface area contributed by atoms with E-state index in [0.29, 0.717) is 5.75 Å². The quantitative estimate of drug-likeness (QED) is 0.212. The van der Waals surface area contributed by atoms with Gasteiger partial charge in [-0.25, -0.2) is 0 Å². The Balaban J connectivity index is 2.03. The van der Waals surface area contributed by atoms with Crippen molar-refractivity contribution < 1.29 is 45.9 Å². The van der Waals surface area contributed by atoms with Crippen molar-refractivity contribution in [2.24, 2.45) is 5.92 Å². The van der Waals surface area contributed by atoms with E-state index in [-0.39, 0.29) is 21.7 Å². The van der Waals surface area contributed by atoms with Gasteiger partial charge in [0, 0.05) is 17.0 Å². The van der Waals surface area contributed by atoms with Crippen molar-refractivity contribution in [3.8, 4) is 11.8 Å². The first kappa shape index (κ1) is 37.4. The zero-order valence-electron chi connectivity index (χ0n) is 25.7. The summed E-state index contributed by atoms with van der Waals surface area (Å²) in [5.41, 5.74) is -0.544. The molecular weight excluding hydrogens is 663 g/mol. The molecule has 254 valence electrons. The number of benzene rings is 3. The Hall–Kier alpha value is -5.03. The highest BCUT2D eigenvalue weighted by molar-refractivity contribution is 6.30. The minimum atomic E-state index is -5.29. The van der Waals surface area contributed by atoms with E-state index < -0.39 is 71.6 Å². The molecule has 3 aromatic carbocycles. The van der Waals surface area contributed by atoms with E-state index in [0.717, 1.165) is 12.1 Å². The summed E-state index contributed by atoms with van der Waals surface area (Å²) in [4.78, 5) is 52.5. The second-order valence-corrected chi connectivity index (χ2v) is 11.3. The third-order valence-electron chi connectivity index (χ3n) is 7.18. The van der Waals surface area contributed by atoms with Crippen molar-refractivity contribution >= 4 is 35.1 Å². The molecule has 0 aliphatic carbocycles. The molecule has 3 amide bonds. The molecule has 48 heavy (non-hydrogen) atoms. The first-order valence-electron chi connectivity index (χ1n) is 14.3. The van der Waals surface area contributed by atoms with E-state index in [4.69, 9.17) is 16.3 Å². The number of Topliss-reactive ketones (excluding diaryl/α,β-unsaturated/α-hetero) is 1. The Kier molecular flexibility index (Phi) is 12.2. The number of rotatable bonds is 13. The number of halogens is 6. The molecule has 3 unspecified atom stereocenters. The molecule has 0 radical (unpaired) electrons. The SMILES string of the molecule is COc1ccc(C(NC(=O)C(Cc2ccccc2C#N)NC(=O)C(F)(F)c2cccc(Cl)c2)C(=O)NC(C(=O)C(F)(F)F)C(C)C)cc1. The van der Waals surface area contributed by atoms with Gasteiger partial charge in [-0.3, -0.25) is 19.2 Å². The molecule has 0 spiro atoms. The first-order chi connectivity index (χ1) is 22.5. The van der Waals surface area contributed by atoms with E-state index >= 15 is 8.78 Å². The highest BCUT2D eigenvalue weighted by Gasteiger charge is 2.46. The summed E-state index contributed by atoms with van der Waals surface area (Å²) in [5, 5.41) is 15.8. The first-order valence-corrected chi connectivity index (χ1v) is 14.7. The van der Waals surface area contributed by atoms with Crippen LogP contribution in [0, 0.1) is 17.2 Å². The topological polar surface area (TPSA) is 137 Å². The van der Waals surface area contributed by atoms with Crippen LogP contribution in [-0.2, 0) is 31.5 Å². The molecule has 0 heterocycles. The number of nitriles is 1. The maximum atomic E-state index is 15.3. The molecule has 9 nitrogen and oxygen atoms in total. The average Bonchev–Trinajstić information content (AvgIpc) is 3.04. The molecule has 0 bridgehead atoms. The van der Waals surface area contributed by atoms with E-state index in [1.165, 1.54) is 81.6 Å². The smallest absolute Gasteiger partial charge is 0.452 e. The van der Waals surface area contributed by atoms with Crippen molar-refractivity contribution in [3.05, 3.63) is 100 Å². The Bertz CT molecular complexity index is 1690. The highest BCUT2D eigenvalue weighted by atomic mass is 35.5. The number of methoxy groups -OCH3 is 1. The molecule has 3 atom stereocenters. The summed E-state index contributed by atoms with van der Waals surface area (Å²) in [6, 6.07) is 11.8. The maximum absolute atomic E-state index is 15.3. The predicted octanol–water partition coefficient (Wildman–Crippen LogP) is 5.17. The summed E-state index contributed by atoms with van der Waals surface area (Å²) < 4.78 is 75.7. The largest absolute Gasteiger partial charge is 0.497 e. The molecule has 3 N–H and O–H groups in total. The Morgan fingerprint density at radius 2 is 1.52 bits per heavy atom. The van der Waals surface area contributed by atoms with Gasteiger partial charge in [-0.2, -0.15) is 27.2 Å². The number of ether oxygens (including phenoxy) is 1. The second kappa shape index (κ2) is 15.7. The van der Waals surface area contributed by atoms with Gasteiger partial charge in [-0.15, -0.1) is 0 Å². The molecule has 0 aromatic heterocycles. The molecule has 0 aliphatic heterocycles. The van der Waals surface area contributed by atoms with E-state index in [9.17, 15) is 37.6 Å². The van der Waals surface area contributed by atoms with E-state index in [1.807, 2.05) is 16.7 Å². The van der Waals surface area contributed by atoms with Crippen molar-refractivity contribution in [2.45, 2.75) is 50.5 Å².